The van der Waals surface area contributed by atoms with Crippen LogP contribution >= 0.6 is 0 Å². The molecule has 5 nitrogen and oxygen atoms in total. The Morgan fingerprint density at radius 1 is 1.24 bits per heavy atom. The Morgan fingerprint density at radius 3 is 2.64 bits per heavy atom. The van der Waals surface area contributed by atoms with Gasteiger partial charge < -0.3 is 14.4 Å². The lowest BCUT2D eigenvalue weighted by atomic mass is 9.85. The standard InChI is InChI=1S/C20H26N2O3/c1-15(25-18-7-5-16(14-21)6-8-18)20(23)22-11-3-2-4-19(22)17-9-12-24-13-10-17/h5-8,15,17,19H,2-4,9-13H2,1H3. The smallest absolute Gasteiger partial charge is 0.263 e. The van der Waals surface area contributed by atoms with E-state index < -0.39 is 6.10 Å². The fourth-order valence-electron chi connectivity index (χ4n) is 3.92. The van der Waals surface area contributed by atoms with Crippen molar-refractivity contribution in [2.75, 3.05) is 19.8 Å². The summed E-state index contributed by atoms with van der Waals surface area (Å²) < 4.78 is 11.3. The molecule has 2 atom stereocenters. The average Bonchev–Trinajstić information content (AvgIpc) is 2.68. The Labute approximate surface area is 149 Å². The molecule has 2 unspecified atom stereocenters. The minimum Gasteiger partial charge on any atom is -0.481 e. The first-order valence-electron chi connectivity index (χ1n) is 9.24. The van der Waals surface area contributed by atoms with Gasteiger partial charge in [-0.25, -0.2) is 0 Å². The molecule has 0 N–H and O–H groups in total. The van der Waals surface area contributed by atoms with E-state index in [0.717, 1.165) is 45.4 Å². The number of carbonyl (C=O) groups is 1. The number of ether oxygens (including phenoxy) is 2. The van der Waals surface area contributed by atoms with Gasteiger partial charge in [-0.15, -0.1) is 0 Å². The molecule has 1 amide bonds. The normalized spacial score (nSPS) is 22.9. The van der Waals surface area contributed by atoms with Gasteiger partial charge in [0, 0.05) is 25.8 Å². The van der Waals surface area contributed by atoms with Crippen molar-refractivity contribution >= 4 is 5.91 Å². The fraction of sp³-hybridized carbons (Fsp3) is 0.600. The first kappa shape index (κ1) is 17.8. The van der Waals surface area contributed by atoms with Crippen LogP contribution in [0.2, 0.25) is 0 Å². The van der Waals surface area contributed by atoms with Gasteiger partial charge >= 0.3 is 0 Å². The molecular formula is C20H26N2O3. The van der Waals surface area contributed by atoms with Gasteiger partial charge in [-0.2, -0.15) is 5.26 Å². The second kappa shape index (κ2) is 8.35. The van der Waals surface area contributed by atoms with Gasteiger partial charge in [0.1, 0.15) is 5.75 Å². The zero-order valence-electron chi connectivity index (χ0n) is 14.8. The van der Waals surface area contributed by atoms with Gasteiger partial charge in [-0.05, 0) is 69.2 Å². The Kier molecular flexibility index (Phi) is 5.93. The van der Waals surface area contributed by atoms with E-state index >= 15 is 0 Å². The summed E-state index contributed by atoms with van der Waals surface area (Å²) in [5.41, 5.74) is 0.585. The highest BCUT2D eigenvalue weighted by molar-refractivity contribution is 5.81. The summed E-state index contributed by atoms with van der Waals surface area (Å²) in [7, 11) is 0. The third kappa shape index (κ3) is 4.32. The van der Waals surface area contributed by atoms with E-state index in [-0.39, 0.29) is 5.91 Å². The van der Waals surface area contributed by atoms with Crippen molar-refractivity contribution in [1.29, 1.82) is 5.26 Å². The lowest BCUT2D eigenvalue weighted by Crippen LogP contribution is -2.52. The predicted molar refractivity (Wildman–Crippen MR) is 94.1 cm³/mol. The summed E-state index contributed by atoms with van der Waals surface area (Å²) >= 11 is 0. The van der Waals surface area contributed by atoms with Gasteiger partial charge in [-0.1, -0.05) is 0 Å². The molecule has 5 heteroatoms. The highest BCUT2D eigenvalue weighted by Gasteiger charge is 2.35. The number of piperidine rings is 1. The summed E-state index contributed by atoms with van der Waals surface area (Å²) in [5, 5.41) is 8.86. The molecule has 25 heavy (non-hydrogen) atoms. The maximum atomic E-state index is 13.0. The lowest BCUT2D eigenvalue weighted by molar-refractivity contribution is -0.144. The van der Waals surface area contributed by atoms with Crippen LogP contribution in [-0.2, 0) is 9.53 Å². The molecule has 2 saturated heterocycles. The largest absolute Gasteiger partial charge is 0.481 e. The molecule has 2 aliphatic heterocycles. The summed E-state index contributed by atoms with van der Waals surface area (Å²) in [5.74, 6) is 1.24. The van der Waals surface area contributed by atoms with Crippen LogP contribution in [-0.4, -0.2) is 42.7 Å². The SMILES string of the molecule is CC(Oc1ccc(C#N)cc1)C(=O)N1CCCCC1C1CCOCC1. The van der Waals surface area contributed by atoms with E-state index in [1.54, 1.807) is 24.3 Å². The van der Waals surface area contributed by atoms with E-state index in [0.29, 0.717) is 23.3 Å². The van der Waals surface area contributed by atoms with Crippen LogP contribution in [0.25, 0.3) is 0 Å². The minimum absolute atomic E-state index is 0.0700. The van der Waals surface area contributed by atoms with Crippen molar-refractivity contribution in [3.05, 3.63) is 29.8 Å². The number of nitrogens with zero attached hydrogens (tertiary/aromatic N) is 2. The van der Waals surface area contributed by atoms with Crippen LogP contribution in [0.1, 0.15) is 44.6 Å². The number of hydrogen-bond acceptors (Lipinski definition) is 4. The molecule has 134 valence electrons. The van der Waals surface area contributed by atoms with E-state index in [4.69, 9.17) is 14.7 Å². The minimum atomic E-state index is -0.520. The molecule has 0 aromatic heterocycles. The summed E-state index contributed by atoms with van der Waals surface area (Å²) in [6.45, 7) is 4.25. The summed E-state index contributed by atoms with van der Waals surface area (Å²) in [6, 6.07) is 9.30. The molecule has 2 aliphatic rings. The second-order valence-corrected chi connectivity index (χ2v) is 6.94. The van der Waals surface area contributed by atoms with Gasteiger partial charge in [0.15, 0.2) is 6.10 Å². The van der Waals surface area contributed by atoms with Crippen molar-refractivity contribution in [3.8, 4) is 11.8 Å². The van der Waals surface area contributed by atoms with E-state index in [2.05, 4.69) is 6.07 Å². The van der Waals surface area contributed by atoms with Crippen molar-refractivity contribution in [1.82, 2.24) is 4.90 Å². The molecule has 2 heterocycles. The Hall–Kier alpha value is -2.06. The summed E-state index contributed by atoms with van der Waals surface area (Å²) in [6.07, 6.45) is 4.90. The van der Waals surface area contributed by atoms with Crippen LogP contribution in [0.4, 0.5) is 0 Å². The highest BCUT2D eigenvalue weighted by atomic mass is 16.5. The third-order valence-electron chi connectivity index (χ3n) is 5.29. The zero-order valence-corrected chi connectivity index (χ0v) is 14.8. The average molecular weight is 342 g/mol. The number of rotatable bonds is 4. The summed E-state index contributed by atoms with van der Waals surface area (Å²) in [4.78, 5) is 15.0. The quantitative estimate of drug-likeness (QED) is 0.843. The molecule has 3 rings (SSSR count). The topological polar surface area (TPSA) is 62.6 Å². The molecule has 0 radical (unpaired) electrons. The van der Waals surface area contributed by atoms with E-state index in [1.807, 2.05) is 11.8 Å². The Balaban J connectivity index is 1.65. The number of benzene rings is 1. The molecular weight excluding hydrogens is 316 g/mol. The van der Waals surface area contributed by atoms with Gasteiger partial charge in [-0.3, -0.25) is 4.79 Å². The zero-order chi connectivity index (χ0) is 17.6. The van der Waals surface area contributed by atoms with Crippen LogP contribution in [0, 0.1) is 17.2 Å². The van der Waals surface area contributed by atoms with Crippen LogP contribution in [0.15, 0.2) is 24.3 Å². The van der Waals surface area contributed by atoms with E-state index in [9.17, 15) is 4.79 Å². The fourth-order valence-corrected chi connectivity index (χ4v) is 3.92. The lowest BCUT2D eigenvalue weighted by Gasteiger charge is -2.42. The number of amides is 1. The molecule has 0 aliphatic carbocycles. The van der Waals surface area contributed by atoms with Crippen LogP contribution < -0.4 is 4.74 Å². The number of hydrogen-bond donors (Lipinski definition) is 0. The number of likely N-dealkylation sites (tertiary alicyclic amines) is 1. The van der Waals surface area contributed by atoms with Crippen molar-refractivity contribution in [3.63, 3.8) is 0 Å². The molecule has 1 aromatic carbocycles. The number of carbonyl (C=O) groups excluding carboxylic acids is 1. The molecule has 0 bridgehead atoms. The van der Waals surface area contributed by atoms with E-state index in [1.165, 1.54) is 6.42 Å². The molecule has 1 aromatic rings. The van der Waals surface area contributed by atoms with Gasteiger partial charge in [0.25, 0.3) is 5.91 Å². The molecule has 0 saturated carbocycles. The third-order valence-corrected chi connectivity index (χ3v) is 5.29. The van der Waals surface area contributed by atoms with Gasteiger partial charge in [0.2, 0.25) is 0 Å². The predicted octanol–water partition coefficient (Wildman–Crippen LogP) is 3.13. The first-order chi connectivity index (χ1) is 12.2. The monoisotopic (exact) mass is 342 g/mol. The van der Waals surface area contributed by atoms with Crippen molar-refractivity contribution in [2.45, 2.75) is 51.2 Å². The Morgan fingerprint density at radius 2 is 1.96 bits per heavy atom. The second-order valence-electron chi connectivity index (χ2n) is 6.94. The van der Waals surface area contributed by atoms with Crippen molar-refractivity contribution in [2.24, 2.45) is 5.92 Å². The maximum Gasteiger partial charge on any atom is 0.263 e. The Bertz CT molecular complexity index is 617. The van der Waals surface area contributed by atoms with Crippen LogP contribution in [0.5, 0.6) is 5.75 Å². The van der Waals surface area contributed by atoms with Gasteiger partial charge in [0.05, 0.1) is 11.6 Å². The number of nitriles is 1. The molecule has 0 spiro atoms. The first-order valence-corrected chi connectivity index (χ1v) is 9.24. The van der Waals surface area contributed by atoms with Crippen LogP contribution in [0.3, 0.4) is 0 Å². The maximum absolute atomic E-state index is 13.0. The van der Waals surface area contributed by atoms with Crippen molar-refractivity contribution < 1.29 is 14.3 Å². The highest BCUT2D eigenvalue weighted by Crippen LogP contribution is 2.30. The molecule has 2 fully saturated rings.